The van der Waals surface area contributed by atoms with E-state index in [1.54, 1.807) is 0 Å². The number of likely N-dealkylation sites (tertiary alicyclic amines) is 1. The van der Waals surface area contributed by atoms with Gasteiger partial charge in [0.2, 0.25) is 23.5 Å². The molecule has 0 saturated carbocycles. The quantitative estimate of drug-likeness (QED) is 0.486. The standard InChI is InChI=1S/C26H28BrN5O3/c1-17-14-21(10-11-22(17)32-13-3-5-24(32)33)28-26(34)19-4-2-12-31(15-19)16-23-29-25(30-35-23)18-6-8-20(27)9-7-18/h6-11,14,19H,2-5,12-13,15-16H2,1H3,(H,28,34). The molecule has 0 spiro atoms. The van der Waals surface area contributed by atoms with Gasteiger partial charge in [-0.3, -0.25) is 14.5 Å². The number of carbonyl (C=O) groups is 2. The van der Waals surface area contributed by atoms with Crippen LogP contribution in [-0.2, 0) is 16.1 Å². The van der Waals surface area contributed by atoms with Crippen molar-refractivity contribution in [2.24, 2.45) is 5.92 Å². The highest BCUT2D eigenvalue weighted by atomic mass is 79.9. The number of aromatic nitrogens is 2. The molecule has 3 aromatic rings. The minimum Gasteiger partial charge on any atom is -0.338 e. The predicted molar refractivity (Wildman–Crippen MR) is 137 cm³/mol. The first-order valence-corrected chi connectivity index (χ1v) is 12.8. The van der Waals surface area contributed by atoms with Crippen molar-refractivity contribution in [1.82, 2.24) is 15.0 Å². The van der Waals surface area contributed by atoms with Crippen LogP contribution < -0.4 is 10.2 Å². The Bertz CT molecular complexity index is 1230. The number of rotatable bonds is 6. The number of anilines is 2. The van der Waals surface area contributed by atoms with Gasteiger partial charge in [0.25, 0.3) is 0 Å². The molecule has 1 unspecified atom stereocenters. The number of nitrogens with one attached hydrogen (secondary N) is 1. The summed E-state index contributed by atoms with van der Waals surface area (Å²) in [6, 6.07) is 13.5. The predicted octanol–water partition coefficient (Wildman–Crippen LogP) is 4.79. The average Bonchev–Trinajstić information content (AvgIpc) is 3.49. The highest BCUT2D eigenvalue weighted by Crippen LogP contribution is 2.28. The SMILES string of the molecule is Cc1cc(NC(=O)C2CCCN(Cc3nc(-c4ccc(Br)cc4)no3)C2)ccc1N1CCCC1=O. The van der Waals surface area contributed by atoms with Gasteiger partial charge < -0.3 is 14.7 Å². The zero-order chi connectivity index (χ0) is 24.4. The number of amides is 2. The summed E-state index contributed by atoms with van der Waals surface area (Å²) < 4.78 is 6.47. The highest BCUT2D eigenvalue weighted by molar-refractivity contribution is 9.10. The Balaban J connectivity index is 1.18. The Kier molecular flexibility index (Phi) is 6.97. The van der Waals surface area contributed by atoms with Crippen LogP contribution in [-0.4, -0.2) is 46.5 Å². The number of hydrogen-bond acceptors (Lipinski definition) is 6. The van der Waals surface area contributed by atoms with Crippen molar-refractivity contribution in [2.45, 2.75) is 39.2 Å². The van der Waals surface area contributed by atoms with Gasteiger partial charge in [0.05, 0.1) is 12.5 Å². The molecule has 1 N–H and O–H groups in total. The minimum atomic E-state index is -0.113. The molecule has 2 aliphatic heterocycles. The van der Waals surface area contributed by atoms with Crippen molar-refractivity contribution in [3.05, 3.63) is 58.4 Å². The molecule has 8 nitrogen and oxygen atoms in total. The van der Waals surface area contributed by atoms with E-state index in [9.17, 15) is 9.59 Å². The molecular formula is C26H28BrN5O3. The molecule has 2 fully saturated rings. The fourth-order valence-electron chi connectivity index (χ4n) is 4.82. The third-order valence-corrected chi connectivity index (χ3v) is 7.16. The van der Waals surface area contributed by atoms with E-state index < -0.39 is 0 Å². The topological polar surface area (TPSA) is 91.6 Å². The summed E-state index contributed by atoms with van der Waals surface area (Å²) in [5, 5.41) is 7.18. The second-order valence-electron chi connectivity index (χ2n) is 9.23. The summed E-state index contributed by atoms with van der Waals surface area (Å²) >= 11 is 3.43. The van der Waals surface area contributed by atoms with Crippen LogP contribution in [0.15, 0.2) is 51.5 Å². The number of nitrogens with zero attached hydrogens (tertiary/aromatic N) is 4. The van der Waals surface area contributed by atoms with Crippen molar-refractivity contribution in [3.63, 3.8) is 0 Å². The molecule has 0 radical (unpaired) electrons. The van der Waals surface area contributed by atoms with E-state index in [1.165, 1.54) is 0 Å². The molecule has 2 aromatic carbocycles. The van der Waals surface area contributed by atoms with Gasteiger partial charge in [0.15, 0.2) is 0 Å². The maximum absolute atomic E-state index is 13.0. The minimum absolute atomic E-state index is 0.0141. The van der Waals surface area contributed by atoms with Crippen LogP contribution in [0.1, 0.15) is 37.1 Å². The summed E-state index contributed by atoms with van der Waals surface area (Å²) in [5.74, 6) is 1.18. The number of aryl methyl sites for hydroxylation is 1. The molecule has 0 bridgehead atoms. The number of carbonyl (C=O) groups excluding carboxylic acids is 2. The lowest BCUT2D eigenvalue weighted by molar-refractivity contribution is -0.121. The average molecular weight is 538 g/mol. The van der Waals surface area contributed by atoms with Gasteiger partial charge in [-0.25, -0.2) is 0 Å². The van der Waals surface area contributed by atoms with Crippen LogP contribution in [0.25, 0.3) is 11.4 Å². The third-order valence-electron chi connectivity index (χ3n) is 6.63. The fourth-order valence-corrected chi connectivity index (χ4v) is 5.09. The summed E-state index contributed by atoms with van der Waals surface area (Å²) in [6.45, 7) is 4.78. The van der Waals surface area contributed by atoms with Crippen molar-refractivity contribution in [2.75, 3.05) is 29.9 Å². The van der Waals surface area contributed by atoms with Gasteiger partial charge in [0.1, 0.15) is 0 Å². The van der Waals surface area contributed by atoms with Crippen molar-refractivity contribution in [1.29, 1.82) is 0 Å². The van der Waals surface area contributed by atoms with E-state index in [2.05, 4.69) is 36.3 Å². The number of hydrogen-bond donors (Lipinski definition) is 1. The summed E-state index contributed by atoms with van der Waals surface area (Å²) in [6.07, 6.45) is 3.27. The molecule has 0 aliphatic carbocycles. The molecule has 2 amide bonds. The molecular weight excluding hydrogens is 510 g/mol. The first kappa shape index (κ1) is 23.7. The van der Waals surface area contributed by atoms with Gasteiger partial charge in [-0.15, -0.1) is 0 Å². The lowest BCUT2D eigenvalue weighted by Gasteiger charge is -2.31. The Morgan fingerprint density at radius 2 is 2.00 bits per heavy atom. The van der Waals surface area contributed by atoms with Crippen LogP contribution in [0, 0.1) is 12.8 Å². The molecule has 1 aromatic heterocycles. The Morgan fingerprint density at radius 3 is 2.74 bits per heavy atom. The van der Waals surface area contributed by atoms with Gasteiger partial charge in [-0.1, -0.05) is 21.1 Å². The summed E-state index contributed by atoms with van der Waals surface area (Å²) in [4.78, 5) is 33.7. The van der Waals surface area contributed by atoms with Crippen molar-refractivity contribution >= 4 is 39.1 Å². The van der Waals surface area contributed by atoms with E-state index in [-0.39, 0.29) is 17.7 Å². The van der Waals surface area contributed by atoms with Crippen LogP contribution in [0.3, 0.4) is 0 Å². The molecule has 182 valence electrons. The van der Waals surface area contributed by atoms with E-state index in [0.717, 1.165) is 59.3 Å². The zero-order valence-electron chi connectivity index (χ0n) is 19.7. The third kappa shape index (κ3) is 5.46. The first-order chi connectivity index (χ1) is 17.0. The van der Waals surface area contributed by atoms with E-state index >= 15 is 0 Å². The molecule has 5 rings (SSSR count). The molecule has 1 atom stereocenters. The van der Waals surface area contributed by atoms with Gasteiger partial charge in [-0.2, -0.15) is 4.98 Å². The smallest absolute Gasteiger partial charge is 0.241 e. The number of benzene rings is 2. The molecule has 9 heteroatoms. The molecule has 3 heterocycles. The van der Waals surface area contributed by atoms with Crippen molar-refractivity contribution < 1.29 is 14.1 Å². The lowest BCUT2D eigenvalue weighted by Crippen LogP contribution is -2.40. The number of halogens is 1. The second-order valence-corrected chi connectivity index (χ2v) is 10.1. The van der Waals surface area contributed by atoms with Crippen LogP contribution >= 0.6 is 15.9 Å². The highest BCUT2D eigenvalue weighted by Gasteiger charge is 2.28. The molecule has 2 saturated heterocycles. The second kappa shape index (κ2) is 10.3. The van der Waals surface area contributed by atoms with Gasteiger partial charge in [-0.05, 0) is 80.8 Å². The van der Waals surface area contributed by atoms with Crippen molar-refractivity contribution in [3.8, 4) is 11.4 Å². The maximum Gasteiger partial charge on any atom is 0.241 e. The lowest BCUT2D eigenvalue weighted by atomic mass is 9.97. The zero-order valence-corrected chi connectivity index (χ0v) is 21.3. The van der Waals surface area contributed by atoms with Gasteiger partial charge >= 0.3 is 0 Å². The molecule has 35 heavy (non-hydrogen) atoms. The van der Waals surface area contributed by atoms with Crippen LogP contribution in [0.4, 0.5) is 11.4 Å². The van der Waals surface area contributed by atoms with E-state index in [4.69, 9.17) is 4.52 Å². The Hall–Kier alpha value is -3.04. The monoisotopic (exact) mass is 537 g/mol. The fraction of sp³-hybridized carbons (Fsp3) is 0.385. The van der Waals surface area contributed by atoms with E-state index in [1.807, 2.05) is 54.3 Å². The van der Waals surface area contributed by atoms with E-state index in [0.29, 0.717) is 31.2 Å². The van der Waals surface area contributed by atoms with Crippen LogP contribution in [0.2, 0.25) is 0 Å². The maximum atomic E-state index is 13.0. The molecule has 2 aliphatic rings. The first-order valence-electron chi connectivity index (χ1n) is 12.0. The Labute approximate surface area is 212 Å². The Morgan fingerprint density at radius 1 is 1.17 bits per heavy atom. The summed E-state index contributed by atoms with van der Waals surface area (Å²) in [5.41, 5.74) is 3.57. The van der Waals surface area contributed by atoms with Gasteiger partial charge in [0, 0.05) is 40.9 Å². The van der Waals surface area contributed by atoms with Crippen LogP contribution in [0.5, 0.6) is 0 Å². The normalized spacial score (nSPS) is 18.7. The summed E-state index contributed by atoms with van der Waals surface area (Å²) in [7, 11) is 0. The largest absolute Gasteiger partial charge is 0.338 e. The number of piperidine rings is 1.